The van der Waals surface area contributed by atoms with Crippen molar-refractivity contribution in [3.05, 3.63) is 29.1 Å². The molecule has 2 aliphatic rings. The van der Waals surface area contributed by atoms with Gasteiger partial charge in [0.2, 0.25) is 5.91 Å². The molecule has 1 aromatic heterocycles. The molecular formula is C17H20N4O2. The van der Waals surface area contributed by atoms with Crippen molar-refractivity contribution in [2.24, 2.45) is 5.41 Å². The molecule has 6 heteroatoms. The van der Waals surface area contributed by atoms with E-state index in [1.807, 2.05) is 7.05 Å². The van der Waals surface area contributed by atoms with Crippen LogP contribution in [0.3, 0.4) is 0 Å². The van der Waals surface area contributed by atoms with Crippen LogP contribution < -0.4 is 0 Å². The number of aromatic nitrogens is 1. The minimum Gasteiger partial charge on any atom is -0.345 e. The third-order valence-electron chi connectivity index (χ3n) is 5.02. The van der Waals surface area contributed by atoms with E-state index in [4.69, 9.17) is 5.26 Å². The van der Waals surface area contributed by atoms with Crippen molar-refractivity contribution < 1.29 is 9.59 Å². The summed E-state index contributed by atoms with van der Waals surface area (Å²) in [5.41, 5.74) is 0.962. The first-order valence-electron chi connectivity index (χ1n) is 7.89. The SMILES string of the molecule is Cc1nc(C(=O)N2CCC3(CCCN(C)C3=O)C2)ccc1C#N. The van der Waals surface area contributed by atoms with Gasteiger partial charge in [-0.1, -0.05) is 0 Å². The second-order valence-corrected chi connectivity index (χ2v) is 6.53. The van der Waals surface area contributed by atoms with E-state index in [1.165, 1.54) is 0 Å². The van der Waals surface area contributed by atoms with Crippen LogP contribution in [0.5, 0.6) is 0 Å². The smallest absolute Gasteiger partial charge is 0.272 e. The van der Waals surface area contributed by atoms with E-state index in [1.54, 1.807) is 28.9 Å². The lowest BCUT2D eigenvalue weighted by molar-refractivity contribution is -0.143. The fourth-order valence-corrected chi connectivity index (χ4v) is 3.65. The number of piperidine rings is 1. The van der Waals surface area contributed by atoms with Gasteiger partial charge in [-0.3, -0.25) is 9.59 Å². The number of nitriles is 1. The Hall–Kier alpha value is -2.42. The van der Waals surface area contributed by atoms with Gasteiger partial charge in [0, 0.05) is 26.7 Å². The Morgan fingerprint density at radius 1 is 1.35 bits per heavy atom. The van der Waals surface area contributed by atoms with Gasteiger partial charge in [0.05, 0.1) is 16.7 Å². The van der Waals surface area contributed by atoms with Crippen LogP contribution in [-0.4, -0.2) is 53.3 Å². The molecular weight excluding hydrogens is 292 g/mol. The summed E-state index contributed by atoms with van der Waals surface area (Å²) >= 11 is 0. The number of hydrogen-bond donors (Lipinski definition) is 0. The monoisotopic (exact) mass is 312 g/mol. The van der Waals surface area contributed by atoms with Crippen molar-refractivity contribution in [1.82, 2.24) is 14.8 Å². The van der Waals surface area contributed by atoms with Crippen molar-refractivity contribution in [2.45, 2.75) is 26.2 Å². The zero-order valence-corrected chi connectivity index (χ0v) is 13.5. The molecule has 1 aromatic rings. The Morgan fingerprint density at radius 3 is 2.83 bits per heavy atom. The average Bonchev–Trinajstić information content (AvgIpc) is 2.97. The third kappa shape index (κ3) is 2.56. The van der Waals surface area contributed by atoms with Crippen LogP contribution in [0.25, 0.3) is 0 Å². The molecule has 0 saturated carbocycles. The molecule has 2 saturated heterocycles. The number of nitrogens with zero attached hydrogens (tertiary/aromatic N) is 4. The lowest BCUT2D eigenvalue weighted by Gasteiger charge is -2.37. The highest BCUT2D eigenvalue weighted by molar-refractivity contribution is 5.94. The normalized spacial score (nSPS) is 24.1. The molecule has 120 valence electrons. The number of rotatable bonds is 1. The number of carbonyl (C=O) groups is 2. The molecule has 3 rings (SSSR count). The van der Waals surface area contributed by atoms with Crippen molar-refractivity contribution in [2.75, 3.05) is 26.7 Å². The van der Waals surface area contributed by atoms with E-state index < -0.39 is 5.41 Å². The molecule has 3 heterocycles. The first-order chi connectivity index (χ1) is 11.0. The highest BCUT2D eigenvalue weighted by Crippen LogP contribution is 2.40. The van der Waals surface area contributed by atoms with E-state index in [0.29, 0.717) is 30.0 Å². The molecule has 0 aromatic carbocycles. The predicted molar refractivity (Wildman–Crippen MR) is 83.5 cm³/mol. The summed E-state index contributed by atoms with van der Waals surface area (Å²) in [5, 5.41) is 8.95. The van der Waals surface area contributed by atoms with Crippen LogP contribution >= 0.6 is 0 Å². The van der Waals surface area contributed by atoms with Gasteiger partial charge < -0.3 is 9.80 Å². The van der Waals surface area contributed by atoms with Gasteiger partial charge in [-0.15, -0.1) is 0 Å². The van der Waals surface area contributed by atoms with E-state index in [-0.39, 0.29) is 11.8 Å². The maximum atomic E-state index is 12.7. The molecule has 2 fully saturated rings. The number of likely N-dealkylation sites (tertiary alicyclic amines) is 2. The Morgan fingerprint density at radius 2 is 2.13 bits per heavy atom. The summed E-state index contributed by atoms with van der Waals surface area (Å²) < 4.78 is 0. The van der Waals surface area contributed by atoms with Gasteiger partial charge in [-0.05, 0) is 38.3 Å². The van der Waals surface area contributed by atoms with Crippen LogP contribution in [0, 0.1) is 23.7 Å². The summed E-state index contributed by atoms with van der Waals surface area (Å²) in [4.78, 5) is 32.9. The fourth-order valence-electron chi connectivity index (χ4n) is 3.65. The summed E-state index contributed by atoms with van der Waals surface area (Å²) in [5.74, 6) is -0.00138. The largest absolute Gasteiger partial charge is 0.345 e. The first kappa shape index (κ1) is 15.5. The topological polar surface area (TPSA) is 77.3 Å². The Kier molecular flexibility index (Phi) is 3.80. The molecule has 1 unspecified atom stereocenters. The molecule has 0 bridgehead atoms. The molecule has 2 amide bonds. The number of carbonyl (C=O) groups excluding carboxylic acids is 2. The molecule has 2 aliphatic heterocycles. The number of amides is 2. The van der Waals surface area contributed by atoms with Gasteiger partial charge in [-0.25, -0.2) is 4.98 Å². The molecule has 6 nitrogen and oxygen atoms in total. The van der Waals surface area contributed by atoms with Crippen molar-refractivity contribution in [3.63, 3.8) is 0 Å². The Balaban J connectivity index is 1.79. The van der Waals surface area contributed by atoms with Crippen LogP contribution in [-0.2, 0) is 4.79 Å². The van der Waals surface area contributed by atoms with E-state index in [0.717, 1.165) is 25.8 Å². The lowest BCUT2D eigenvalue weighted by Crippen LogP contribution is -2.48. The van der Waals surface area contributed by atoms with Gasteiger partial charge in [0.25, 0.3) is 5.91 Å². The van der Waals surface area contributed by atoms with Crippen LogP contribution in [0.2, 0.25) is 0 Å². The quantitative estimate of drug-likeness (QED) is 0.784. The average molecular weight is 312 g/mol. The van der Waals surface area contributed by atoms with Crippen molar-refractivity contribution in [3.8, 4) is 6.07 Å². The van der Waals surface area contributed by atoms with Gasteiger partial charge in [0.15, 0.2) is 0 Å². The molecule has 0 aliphatic carbocycles. The zero-order chi connectivity index (χ0) is 16.6. The summed E-state index contributed by atoms with van der Waals surface area (Å²) in [7, 11) is 1.83. The molecule has 1 atom stereocenters. The highest BCUT2D eigenvalue weighted by Gasteiger charge is 2.48. The summed E-state index contributed by atoms with van der Waals surface area (Å²) in [6, 6.07) is 5.27. The summed E-state index contributed by atoms with van der Waals surface area (Å²) in [6.45, 7) is 3.57. The standard InChI is InChI=1S/C17H20N4O2/c1-12-13(10-18)4-5-14(19-12)15(22)21-9-7-17(11-21)6-3-8-20(2)16(17)23/h4-5H,3,6-9,11H2,1-2H3. The Bertz CT molecular complexity index is 709. The summed E-state index contributed by atoms with van der Waals surface area (Å²) in [6.07, 6.45) is 2.55. The first-order valence-corrected chi connectivity index (χ1v) is 7.89. The van der Waals surface area contributed by atoms with E-state index >= 15 is 0 Å². The van der Waals surface area contributed by atoms with Crippen LogP contribution in [0.4, 0.5) is 0 Å². The predicted octanol–water partition coefficient (Wildman–Crippen LogP) is 1.35. The second kappa shape index (κ2) is 5.65. The maximum Gasteiger partial charge on any atom is 0.272 e. The third-order valence-corrected chi connectivity index (χ3v) is 5.02. The van der Waals surface area contributed by atoms with Gasteiger partial charge in [0.1, 0.15) is 11.8 Å². The Labute approximate surface area is 135 Å². The lowest BCUT2D eigenvalue weighted by atomic mass is 9.78. The second-order valence-electron chi connectivity index (χ2n) is 6.53. The van der Waals surface area contributed by atoms with Crippen molar-refractivity contribution in [1.29, 1.82) is 5.26 Å². The van der Waals surface area contributed by atoms with Gasteiger partial charge in [-0.2, -0.15) is 5.26 Å². The van der Waals surface area contributed by atoms with Crippen LogP contribution in [0.15, 0.2) is 12.1 Å². The van der Waals surface area contributed by atoms with Crippen LogP contribution in [0.1, 0.15) is 41.0 Å². The van der Waals surface area contributed by atoms with Gasteiger partial charge >= 0.3 is 0 Å². The number of pyridine rings is 1. The molecule has 23 heavy (non-hydrogen) atoms. The fraction of sp³-hybridized carbons (Fsp3) is 0.529. The number of aryl methyl sites for hydroxylation is 1. The molecule has 0 radical (unpaired) electrons. The minimum atomic E-state index is -0.412. The highest BCUT2D eigenvalue weighted by atomic mass is 16.2. The molecule has 1 spiro atoms. The van der Waals surface area contributed by atoms with E-state index in [2.05, 4.69) is 11.1 Å². The number of hydrogen-bond acceptors (Lipinski definition) is 4. The van der Waals surface area contributed by atoms with Crippen molar-refractivity contribution >= 4 is 11.8 Å². The van der Waals surface area contributed by atoms with E-state index in [9.17, 15) is 9.59 Å². The minimum absolute atomic E-state index is 0.156. The molecule has 0 N–H and O–H groups in total. The maximum absolute atomic E-state index is 12.7. The zero-order valence-electron chi connectivity index (χ0n) is 13.5.